The molecule has 0 amide bonds. The van der Waals surface area contributed by atoms with E-state index in [0.717, 1.165) is 28.2 Å². The number of rotatable bonds is 7. The second-order valence-corrected chi connectivity index (χ2v) is 6.14. The molecule has 24 heavy (non-hydrogen) atoms. The number of benzene rings is 1. The molecule has 1 aromatic carbocycles. The fourth-order valence-electron chi connectivity index (χ4n) is 2.23. The zero-order valence-corrected chi connectivity index (χ0v) is 14.4. The van der Waals surface area contributed by atoms with Gasteiger partial charge in [-0.15, -0.1) is 11.3 Å². The molecule has 0 spiro atoms. The molecule has 0 radical (unpaired) electrons. The molecule has 0 aliphatic heterocycles. The molecule has 0 unspecified atom stereocenters. The molecule has 124 valence electrons. The molecule has 0 bridgehead atoms. The van der Waals surface area contributed by atoms with Crippen LogP contribution in [0.1, 0.15) is 5.56 Å². The fraction of sp³-hybridized carbons (Fsp3) is 0.235. The van der Waals surface area contributed by atoms with E-state index >= 15 is 0 Å². The number of ether oxygens (including phenoxy) is 1. The summed E-state index contributed by atoms with van der Waals surface area (Å²) in [4.78, 5) is 13.9. The van der Waals surface area contributed by atoms with Crippen molar-refractivity contribution >= 4 is 23.0 Å². The van der Waals surface area contributed by atoms with Crippen LogP contribution in [-0.2, 0) is 0 Å². The molecule has 2 aromatic heterocycles. The minimum atomic E-state index is 0.512. The maximum atomic E-state index is 5.57. The first kappa shape index (κ1) is 16.4. The van der Waals surface area contributed by atoms with Crippen molar-refractivity contribution in [2.45, 2.75) is 6.92 Å². The molecule has 0 saturated carbocycles. The molecule has 0 aliphatic rings. The summed E-state index contributed by atoms with van der Waals surface area (Å²) in [5, 5.41) is 6.27. The SMILES string of the molecule is CNCCOc1ccnc(Nc2cc(C)cc(-c3cncs3)c2)n1. The third-order valence-corrected chi connectivity index (χ3v) is 4.10. The van der Waals surface area contributed by atoms with Crippen molar-refractivity contribution in [1.29, 1.82) is 0 Å². The Morgan fingerprint density at radius 2 is 2.17 bits per heavy atom. The zero-order valence-electron chi connectivity index (χ0n) is 13.6. The Kier molecular flexibility index (Phi) is 5.35. The van der Waals surface area contributed by atoms with Crippen LogP contribution in [0, 0.1) is 6.92 Å². The van der Waals surface area contributed by atoms with Gasteiger partial charge in [-0.1, -0.05) is 6.07 Å². The van der Waals surface area contributed by atoms with Crippen LogP contribution in [0.25, 0.3) is 10.4 Å². The average Bonchev–Trinajstić information content (AvgIpc) is 3.09. The van der Waals surface area contributed by atoms with Crippen LogP contribution < -0.4 is 15.4 Å². The summed E-state index contributed by atoms with van der Waals surface area (Å²) >= 11 is 1.62. The topological polar surface area (TPSA) is 72.0 Å². The van der Waals surface area contributed by atoms with E-state index in [1.54, 1.807) is 23.6 Å². The first-order valence-corrected chi connectivity index (χ1v) is 8.50. The van der Waals surface area contributed by atoms with Gasteiger partial charge in [0.05, 0.1) is 10.4 Å². The molecular formula is C17H19N5OS. The molecule has 6 nitrogen and oxygen atoms in total. The molecule has 3 rings (SSSR count). The Hall–Kier alpha value is -2.51. The zero-order chi connectivity index (χ0) is 16.8. The predicted molar refractivity (Wildman–Crippen MR) is 97.0 cm³/mol. The monoisotopic (exact) mass is 341 g/mol. The Labute approximate surface area is 145 Å². The number of likely N-dealkylation sites (N-methyl/N-ethyl adjacent to an activating group) is 1. The quantitative estimate of drug-likeness (QED) is 0.643. The second kappa shape index (κ2) is 7.85. The van der Waals surface area contributed by atoms with Gasteiger partial charge < -0.3 is 15.4 Å². The second-order valence-electron chi connectivity index (χ2n) is 5.25. The summed E-state index contributed by atoms with van der Waals surface area (Å²) in [7, 11) is 1.88. The van der Waals surface area contributed by atoms with Crippen LogP contribution in [0.2, 0.25) is 0 Å². The summed E-state index contributed by atoms with van der Waals surface area (Å²) < 4.78 is 5.57. The maximum absolute atomic E-state index is 5.57. The van der Waals surface area contributed by atoms with Crippen LogP contribution in [0.15, 0.2) is 42.2 Å². The summed E-state index contributed by atoms with van der Waals surface area (Å²) in [5.41, 5.74) is 5.05. The number of aryl methyl sites for hydroxylation is 1. The fourth-order valence-corrected chi connectivity index (χ4v) is 2.84. The van der Waals surface area contributed by atoms with Crippen molar-refractivity contribution in [3.8, 4) is 16.3 Å². The van der Waals surface area contributed by atoms with Gasteiger partial charge in [-0.25, -0.2) is 4.98 Å². The van der Waals surface area contributed by atoms with Crippen molar-refractivity contribution < 1.29 is 4.74 Å². The average molecular weight is 341 g/mol. The van der Waals surface area contributed by atoms with E-state index in [4.69, 9.17) is 4.74 Å². The number of thiazole rings is 1. The number of hydrogen-bond donors (Lipinski definition) is 2. The van der Waals surface area contributed by atoms with E-state index in [1.165, 1.54) is 0 Å². The van der Waals surface area contributed by atoms with E-state index in [2.05, 4.69) is 50.7 Å². The molecule has 0 aliphatic carbocycles. The van der Waals surface area contributed by atoms with Crippen molar-refractivity contribution in [3.63, 3.8) is 0 Å². The molecule has 7 heteroatoms. The minimum absolute atomic E-state index is 0.512. The van der Waals surface area contributed by atoms with Crippen LogP contribution in [0.4, 0.5) is 11.6 Å². The molecule has 2 N–H and O–H groups in total. The van der Waals surface area contributed by atoms with Gasteiger partial charge in [-0.05, 0) is 37.2 Å². The minimum Gasteiger partial charge on any atom is -0.476 e. The largest absolute Gasteiger partial charge is 0.476 e. The first-order chi connectivity index (χ1) is 11.7. The van der Waals surface area contributed by atoms with Crippen LogP contribution in [0.5, 0.6) is 5.88 Å². The van der Waals surface area contributed by atoms with E-state index in [1.807, 2.05) is 18.8 Å². The lowest BCUT2D eigenvalue weighted by molar-refractivity contribution is 0.306. The molecular weight excluding hydrogens is 322 g/mol. The van der Waals surface area contributed by atoms with Crippen LogP contribution in [-0.4, -0.2) is 35.2 Å². The third kappa shape index (κ3) is 4.27. The number of hydrogen-bond acceptors (Lipinski definition) is 7. The number of nitrogens with zero attached hydrogens (tertiary/aromatic N) is 3. The van der Waals surface area contributed by atoms with Crippen molar-refractivity contribution in [2.75, 3.05) is 25.5 Å². The highest BCUT2D eigenvalue weighted by Gasteiger charge is 2.06. The lowest BCUT2D eigenvalue weighted by atomic mass is 10.1. The van der Waals surface area contributed by atoms with Gasteiger partial charge in [0, 0.05) is 30.7 Å². The van der Waals surface area contributed by atoms with Gasteiger partial charge in [0.2, 0.25) is 11.8 Å². The van der Waals surface area contributed by atoms with Crippen LogP contribution >= 0.6 is 11.3 Å². The van der Waals surface area contributed by atoms with E-state index < -0.39 is 0 Å². The third-order valence-electron chi connectivity index (χ3n) is 3.28. The smallest absolute Gasteiger partial charge is 0.230 e. The van der Waals surface area contributed by atoms with Gasteiger partial charge in [0.25, 0.3) is 0 Å². The van der Waals surface area contributed by atoms with E-state index in [9.17, 15) is 0 Å². The highest BCUT2D eigenvalue weighted by molar-refractivity contribution is 7.13. The van der Waals surface area contributed by atoms with Gasteiger partial charge in [0.1, 0.15) is 6.61 Å². The van der Waals surface area contributed by atoms with Gasteiger partial charge in [0.15, 0.2) is 0 Å². The van der Waals surface area contributed by atoms with E-state index in [0.29, 0.717) is 18.4 Å². The number of anilines is 2. The summed E-state index contributed by atoms with van der Waals surface area (Å²) in [6, 6.07) is 8.01. The molecule has 0 atom stereocenters. The summed E-state index contributed by atoms with van der Waals surface area (Å²) in [5.74, 6) is 1.07. The normalized spacial score (nSPS) is 10.6. The highest BCUT2D eigenvalue weighted by atomic mass is 32.1. The lowest BCUT2D eigenvalue weighted by Gasteiger charge is -2.10. The Bertz CT molecular complexity index is 791. The van der Waals surface area contributed by atoms with Crippen LogP contribution in [0.3, 0.4) is 0 Å². The van der Waals surface area contributed by atoms with Gasteiger partial charge >= 0.3 is 0 Å². The molecule has 0 fully saturated rings. The standard InChI is InChI=1S/C17H19N5OS/c1-12-7-13(15-10-19-11-24-15)9-14(8-12)21-17-20-4-3-16(22-17)23-6-5-18-2/h3-4,7-11,18H,5-6H2,1-2H3,(H,20,21,22). The first-order valence-electron chi connectivity index (χ1n) is 7.62. The Morgan fingerprint density at radius 3 is 2.96 bits per heavy atom. The Morgan fingerprint density at radius 1 is 1.25 bits per heavy atom. The lowest BCUT2D eigenvalue weighted by Crippen LogP contribution is -2.16. The molecule has 2 heterocycles. The molecule has 3 aromatic rings. The maximum Gasteiger partial charge on any atom is 0.230 e. The number of aromatic nitrogens is 3. The molecule has 0 saturated heterocycles. The summed E-state index contributed by atoms with van der Waals surface area (Å²) in [6.07, 6.45) is 3.56. The van der Waals surface area contributed by atoms with Crippen molar-refractivity contribution in [1.82, 2.24) is 20.3 Å². The summed E-state index contributed by atoms with van der Waals surface area (Å²) in [6.45, 7) is 3.39. The van der Waals surface area contributed by atoms with Crippen molar-refractivity contribution in [2.24, 2.45) is 0 Å². The van der Waals surface area contributed by atoms with Crippen molar-refractivity contribution in [3.05, 3.63) is 47.7 Å². The predicted octanol–water partition coefficient (Wildman–Crippen LogP) is 3.25. The highest BCUT2D eigenvalue weighted by Crippen LogP contribution is 2.28. The van der Waals surface area contributed by atoms with E-state index in [-0.39, 0.29) is 0 Å². The van der Waals surface area contributed by atoms with Gasteiger partial charge in [-0.3, -0.25) is 4.98 Å². The Balaban J connectivity index is 1.77. The number of nitrogens with one attached hydrogen (secondary N) is 2. The van der Waals surface area contributed by atoms with Gasteiger partial charge in [-0.2, -0.15) is 4.98 Å².